The number of esters is 1. The molecule has 34 heavy (non-hydrogen) atoms. The highest BCUT2D eigenvalue weighted by molar-refractivity contribution is 6.07. The molecule has 3 amide bonds. The van der Waals surface area contributed by atoms with E-state index in [0.717, 1.165) is 23.4 Å². The highest BCUT2D eigenvalue weighted by Crippen LogP contribution is 2.37. The predicted octanol–water partition coefficient (Wildman–Crippen LogP) is 2.27. The molecule has 2 fully saturated rings. The van der Waals surface area contributed by atoms with E-state index in [4.69, 9.17) is 9.15 Å². The standard InChI is InChI=1S/C24H26N4O6/c1-14-15(2)27(11-16-6-5-9-33-16)22(19(14)10-25)26-20(29)13-34-21(30)12-28-23(31)17-7-3-4-8-18(17)24(28)32/h5-6,9,17-18H,3-4,7-8,11-13H2,1-2H3,(H,26,29)/t17-,18+. The van der Waals surface area contributed by atoms with E-state index in [1.807, 2.05) is 6.92 Å². The van der Waals surface area contributed by atoms with Crippen LogP contribution in [0, 0.1) is 37.0 Å². The van der Waals surface area contributed by atoms with E-state index in [9.17, 15) is 24.4 Å². The molecule has 0 spiro atoms. The van der Waals surface area contributed by atoms with E-state index >= 15 is 0 Å². The number of nitrogens with one attached hydrogen (secondary N) is 1. The molecule has 1 N–H and O–H groups in total. The third-order valence-corrected chi connectivity index (χ3v) is 6.68. The Kier molecular flexibility index (Phi) is 6.54. The first kappa shape index (κ1) is 23.3. The Balaban J connectivity index is 1.38. The van der Waals surface area contributed by atoms with Crippen molar-refractivity contribution in [2.24, 2.45) is 11.8 Å². The Labute approximate surface area is 196 Å². The number of likely N-dealkylation sites (tertiary alicyclic amines) is 1. The monoisotopic (exact) mass is 466 g/mol. The molecule has 2 aromatic rings. The van der Waals surface area contributed by atoms with Gasteiger partial charge in [-0.15, -0.1) is 0 Å². The van der Waals surface area contributed by atoms with Gasteiger partial charge in [-0.25, -0.2) is 0 Å². The summed E-state index contributed by atoms with van der Waals surface area (Å²) < 4.78 is 12.2. The van der Waals surface area contributed by atoms with Gasteiger partial charge in [0.15, 0.2) is 6.61 Å². The molecule has 4 rings (SSSR count). The van der Waals surface area contributed by atoms with Gasteiger partial charge in [0.25, 0.3) is 5.91 Å². The zero-order chi connectivity index (χ0) is 24.4. The second kappa shape index (κ2) is 9.55. The fourth-order valence-electron chi connectivity index (χ4n) is 4.76. The van der Waals surface area contributed by atoms with E-state index in [1.54, 1.807) is 23.6 Å². The van der Waals surface area contributed by atoms with E-state index in [2.05, 4.69) is 11.4 Å². The van der Waals surface area contributed by atoms with Crippen molar-refractivity contribution in [2.75, 3.05) is 18.5 Å². The number of carbonyl (C=O) groups is 4. The van der Waals surface area contributed by atoms with Crippen LogP contribution in [0.25, 0.3) is 0 Å². The third-order valence-electron chi connectivity index (χ3n) is 6.68. The predicted molar refractivity (Wildman–Crippen MR) is 118 cm³/mol. The normalized spacial score (nSPS) is 19.6. The van der Waals surface area contributed by atoms with Crippen LogP contribution in [0.2, 0.25) is 0 Å². The Hall–Kier alpha value is -3.87. The van der Waals surface area contributed by atoms with Crippen LogP contribution in [-0.4, -0.2) is 46.3 Å². The number of hydrogen-bond acceptors (Lipinski definition) is 7. The number of nitriles is 1. The number of ether oxygens (including phenoxy) is 1. The summed E-state index contributed by atoms with van der Waals surface area (Å²) in [7, 11) is 0. The van der Waals surface area contributed by atoms with Crippen LogP contribution >= 0.6 is 0 Å². The second-order valence-electron chi connectivity index (χ2n) is 8.68. The van der Waals surface area contributed by atoms with Gasteiger partial charge in [-0.1, -0.05) is 12.8 Å². The molecule has 1 saturated carbocycles. The van der Waals surface area contributed by atoms with Gasteiger partial charge in [0.2, 0.25) is 11.8 Å². The van der Waals surface area contributed by atoms with Crippen molar-refractivity contribution in [2.45, 2.75) is 46.1 Å². The first-order valence-corrected chi connectivity index (χ1v) is 11.2. The SMILES string of the molecule is Cc1c(C#N)c(NC(=O)COC(=O)CN2C(=O)[C@H]3CCCC[C@H]3C2=O)n(Cc2ccco2)c1C. The zero-order valence-electron chi connectivity index (χ0n) is 19.1. The summed E-state index contributed by atoms with van der Waals surface area (Å²) in [4.78, 5) is 50.8. The van der Waals surface area contributed by atoms with E-state index in [1.165, 1.54) is 6.26 Å². The number of fused-ring (bicyclic) bond motifs is 1. The molecule has 2 atom stereocenters. The van der Waals surface area contributed by atoms with Gasteiger partial charge in [-0.3, -0.25) is 24.1 Å². The average molecular weight is 466 g/mol. The molecule has 1 aliphatic heterocycles. The summed E-state index contributed by atoms with van der Waals surface area (Å²) in [6, 6.07) is 5.63. The highest BCUT2D eigenvalue weighted by Gasteiger charge is 2.48. The number of hydrogen-bond donors (Lipinski definition) is 1. The van der Waals surface area contributed by atoms with Gasteiger partial charge in [-0.2, -0.15) is 5.26 Å². The van der Waals surface area contributed by atoms with Crippen molar-refractivity contribution in [1.29, 1.82) is 5.26 Å². The number of amides is 3. The van der Waals surface area contributed by atoms with Crippen molar-refractivity contribution >= 4 is 29.5 Å². The van der Waals surface area contributed by atoms with E-state index in [0.29, 0.717) is 36.3 Å². The van der Waals surface area contributed by atoms with E-state index in [-0.39, 0.29) is 29.5 Å². The van der Waals surface area contributed by atoms with Crippen LogP contribution in [0.4, 0.5) is 5.82 Å². The lowest BCUT2D eigenvalue weighted by Crippen LogP contribution is -2.37. The summed E-state index contributed by atoms with van der Waals surface area (Å²) in [5.41, 5.74) is 1.81. The first-order valence-electron chi connectivity index (χ1n) is 11.2. The molecule has 0 unspecified atom stereocenters. The summed E-state index contributed by atoms with van der Waals surface area (Å²) in [5, 5.41) is 12.2. The molecule has 1 saturated heterocycles. The van der Waals surface area contributed by atoms with Crippen molar-refractivity contribution in [3.8, 4) is 6.07 Å². The summed E-state index contributed by atoms with van der Waals surface area (Å²) >= 11 is 0. The number of imide groups is 1. The number of rotatable bonds is 7. The zero-order valence-corrected chi connectivity index (χ0v) is 19.1. The number of carbonyl (C=O) groups excluding carboxylic acids is 4. The van der Waals surface area contributed by atoms with Crippen molar-refractivity contribution in [1.82, 2.24) is 9.47 Å². The van der Waals surface area contributed by atoms with Gasteiger partial charge < -0.3 is 19.0 Å². The Morgan fingerprint density at radius 3 is 2.47 bits per heavy atom. The largest absolute Gasteiger partial charge is 0.467 e. The van der Waals surface area contributed by atoms with Crippen LogP contribution < -0.4 is 5.32 Å². The minimum atomic E-state index is -0.839. The summed E-state index contributed by atoms with van der Waals surface area (Å²) in [6.45, 7) is 2.80. The van der Waals surface area contributed by atoms with Crippen molar-refractivity contribution < 1.29 is 28.3 Å². The second-order valence-corrected chi connectivity index (χ2v) is 8.68. The fraction of sp³-hybridized carbons (Fsp3) is 0.458. The molecule has 0 aromatic carbocycles. The molecule has 2 aliphatic rings. The first-order chi connectivity index (χ1) is 16.3. The van der Waals surface area contributed by atoms with Crippen LogP contribution in [0.5, 0.6) is 0 Å². The van der Waals surface area contributed by atoms with Gasteiger partial charge in [0.1, 0.15) is 24.2 Å². The maximum Gasteiger partial charge on any atom is 0.326 e. The van der Waals surface area contributed by atoms with Crippen molar-refractivity contribution in [3.05, 3.63) is 41.0 Å². The van der Waals surface area contributed by atoms with Crippen LogP contribution in [-0.2, 0) is 30.5 Å². The molecule has 2 aromatic heterocycles. The van der Waals surface area contributed by atoms with Crippen molar-refractivity contribution in [3.63, 3.8) is 0 Å². The maximum absolute atomic E-state index is 12.5. The lowest BCUT2D eigenvalue weighted by Gasteiger charge is -2.19. The van der Waals surface area contributed by atoms with E-state index < -0.39 is 25.0 Å². The Morgan fingerprint density at radius 2 is 1.88 bits per heavy atom. The molecular weight excluding hydrogens is 440 g/mol. The number of aromatic nitrogens is 1. The van der Waals surface area contributed by atoms with Gasteiger partial charge in [-0.05, 0) is 44.4 Å². The minimum absolute atomic E-state index is 0.281. The molecular formula is C24H26N4O6. The molecule has 0 bridgehead atoms. The molecule has 178 valence electrons. The number of anilines is 1. The van der Waals surface area contributed by atoms with Crippen LogP contribution in [0.15, 0.2) is 22.8 Å². The average Bonchev–Trinajstić information content (AvgIpc) is 3.49. The molecule has 1 aliphatic carbocycles. The summed E-state index contributed by atoms with van der Waals surface area (Å²) in [5.74, 6) is -1.93. The maximum atomic E-state index is 12.5. The number of nitrogens with zero attached hydrogens (tertiary/aromatic N) is 3. The molecule has 0 radical (unpaired) electrons. The number of furan rings is 1. The quantitative estimate of drug-likeness (QED) is 0.488. The topological polar surface area (TPSA) is 135 Å². The van der Waals surface area contributed by atoms with Gasteiger partial charge in [0.05, 0.1) is 30.2 Å². The molecule has 10 nitrogen and oxygen atoms in total. The van der Waals surface area contributed by atoms with Gasteiger partial charge in [0, 0.05) is 5.69 Å². The third kappa shape index (κ3) is 4.33. The molecule has 3 heterocycles. The van der Waals surface area contributed by atoms with Gasteiger partial charge >= 0.3 is 5.97 Å². The highest BCUT2D eigenvalue weighted by atomic mass is 16.5. The fourth-order valence-corrected chi connectivity index (χ4v) is 4.76. The minimum Gasteiger partial charge on any atom is -0.467 e. The lowest BCUT2D eigenvalue weighted by molar-refractivity contribution is -0.154. The van der Waals surface area contributed by atoms with Crippen LogP contribution in [0.3, 0.4) is 0 Å². The van der Waals surface area contributed by atoms with Crippen LogP contribution in [0.1, 0.15) is 48.3 Å². The lowest BCUT2D eigenvalue weighted by atomic mass is 9.81. The Bertz CT molecular complexity index is 1150. The Morgan fingerprint density at radius 1 is 1.21 bits per heavy atom. The smallest absolute Gasteiger partial charge is 0.326 e. The molecule has 10 heteroatoms. The summed E-state index contributed by atoms with van der Waals surface area (Å²) in [6.07, 6.45) is 4.63.